The molecule has 0 atom stereocenters. The van der Waals surface area contributed by atoms with E-state index in [0.29, 0.717) is 10.9 Å². The van der Waals surface area contributed by atoms with Crippen LogP contribution in [0.25, 0.3) is 0 Å². The van der Waals surface area contributed by atoms with Crippen LogP contribution in [0.4, 0.5) is 26.3 Å². The van der Waals surface area contributed by atoms with Crippen LogP contribution < -0.4 is 0 Å². The molecule has 0 spiro atoms. The van der Waals surface area contributed by atoms with Gasteiger partial charge in [-0.3, -0.25) is 0 Å². The van der Waals surface area contributed by atoms with E-state index in [0.717, 1.165) is 0 Å². The summed E-state index contributed by atoms with van der Waals surface area (Å²) in [7, 11) is 0. The van der Waals surface area contributed by atoms with E-state index in [-0.39, 0.29) is 23.1 Å². The molecule has 0 unspecified atom stereocenters. The molecule has 2 fully saturated rings. The Morgan fingerprint density at radius 3 is 1.58 bits per heavy atom. The summed E-state index contributed by atoms with van der Waals surface area (Å²) < 4.78 is 76.3. The van der Waals surface area contributed by atoms with Crippen molar-refractivity contribution < 1.29 is 48.5 Å². The number of rotatable bonds is 2. The number of hydrogen-bond donors (Lipinski definition) is 1. The first-order valence-electron chi connectivity index (χ1n) is 6.75. The van der Waals surface area contributed by atoms with Crippen LogP contribution >= 0.6 is 0 Å². The van der Waals surface area contributed by atoms with Gasteiger partial charge in [0.2, 0.25) is 0 Å². The zero-order valence-electron chi connectivity index (χ0n) is 12.7. The van der Waals surface area contributed by atoms with Crippen molar-refractivity contribution in [2.45, 2.75) is 18.0 Å². The summed E-state index contributed by atoms with van der Waals surface area (Å²) in [5, 5.41) is 15.1. The van der Waals surface area contributed by atoms with Crippen LogP contribution in [0.5, 0.6) is 0 Å². The Kier molecular flexibility index (Phi) is 7.98. The van der Waals surface area contributed by atoms with Crippen LogP contribution in [0, 0.1) is 63.8 Å². The van der Waals surface area contributed by atoms with E-state index >= 15 is 0 Å². The fourth-order valence-electron chi connectivity index (χ4n) is 1.84. The monoisotopic (exact) mass is 419 g/mol. The fraction of sp³-hybridized carbons (Fsp3) is 0.200. The van der Waals surface area contributed by atoms with Crippen molar-refractivity contribution in [3.8, 4) is 0 Å². The van der Waals surface area contributed by atoms with Crippen molar-refractivity contribution >= 4 is 0 Å². The van der Waals surface area contributed by atoms with E-state index in [9.17, 15) is 26.3 Å². The van der Waals surface area contributed by atoms with E-state index in [4.69, 9.17) is 5.11 Å². The van der Waals surface area contributed by atoms with E-state index in [1.54, 1.807) is 0 Å². The Hall–Kier alpha value is -0.801. The van der Waals surface area contributed by atoms with Crippen molar-refractivity contribution in [3.63, 3.8) is 0 Å². The molecule has 0 saturated heterocycles. The summed E-state index contributed by atoms with van der Waals surface area (Å²) in [4.78, 5) is 0. The predicted molar refractivity (Wildman–Crippen MR) is 73.4 cm³/mol. The molecule has 1 aromatic heterocycles. The Morgan fingerprint density at radius 1 is 0.769 bits per heavy atom. The first kappa shape index (κ1) is 23.2. The third-order valence-corrected chi connectivity index (χ3v) is 3.15. The standard InChI is InChI=1S/C10H6F6N3O.C5H5.Fe/c11-9(12,13)8(20,10(14,15)16)7-5-19(18-17-7)6-3-1-2-4-6;1-2-4-5-3-1;/h1-5,20H;1-5H;/q;;+2. The van der Waals surface area contributed by atoms with Gasteiger partial charge in [0.25, 0.3) is 0 Å². The predicted octanol–water partition coefficient (Wildman–Crippen LogP) is 2.82. The maximum atomic E-state index is 12.6. The molecule has 3 rings (SSSR count). The normalized spacial score (nSPS) is 19.0. The van der Waals surface area contributed by atoms with Crippen molar-refractivity contribution in [1.82, 2.24) is 15.0 Å². The van der Waals surface area contributed by atoms with Gasteiger partial charge in [-0.1, -0.05) is 5.21 Å². The van der Waals surface area contributed by atoms with Crippen molar-refractivity contribution in [1.29, 1.82) is 0 Å². The van der Waals surface area contributed by atoms with Gasteiger partial charge in [0.1, 0.15) is 5.69 Å². The van der Waals surface area contributed by atoms with Crippen LogP contribution in [0.15, 0.2) is 6.20 Å². The summed E-state index contributed by atoms with van der Waals surface area (Å²) in [6.45, 7) is 0. The van der Waals surface area contributed by atoms with Gasteiger partial charge < -0.3 is 5.11 Å². The van der Waals surface area contributed by atoms with E-state index in [2.05, 4.69) is 10.3 Å². The van der Waals surface area contributed by atoms with E-state index < -0.39 is 23.6 Å². The topological polar surface area (TPSA) is 50.9 Å². The molecular weight excluding hydrogens is 408 g/mol. The van der Waals surface area contributed by atoms with Gasteiger partial charge in [-0.2, -0.15) is 26.3 Å². The second-order valence-corrected chi connectivity index (χ2v) is 4.86. The van der Waals surface area contributed by atoms with Crippen LogP contribution in [0.1, 0.15) is 5.69 Å². The molecule has 26 heavy (non-hydrogen) atoms. The first-order chi connectivity index (χ1) is 11.6. The molecular formula is C15H11F6FeN3O+2. The Morgan fingerprint density at radius 2 is 1.19 bits per heavy atom. The maximum Gasteiger partial charge on any atom is 2.00 e. The number of aliphatic hydroxyl groups is 1. The van der Waals surface area contributed by atoms with Crippen molar-refractivity contribution in [3.05, 3.63) is 75.7 Å². The van der Waals surface area contributed by atoms with Gasteiger partial charge in [0.15, 0.2) is 0 Å². The molecule has 2 saturated carbocycles. The van der Waals surface area contributed by atoms with Crippen LogP contribution in [0.2, 0.25) is 0 Å². The number of alkyl halides is 6. The Balaban J connectivity index is 0.000000486. The summed E-state index contributed by atoms with van der Waals surface area (Å²) in [5.74, 6) is 0. The third-order valence-electron chi connectivity index (χ3n) is 3.15. The summed E-state index contributed by atoms with van der Waals surface area (Å²) in [5.41, 5.74) is -6.70. The Labute approximate surface area is 157 Å². The van der Waals surface area contributed by atoms with Gasteiger partial charge >= 0.3 is 35.0 Å². The molecule has 4 nitrogen and oxygen atoms in total. The van der Waals surface area contributed by atoms with Crippen LogP contribution in [-0.2, 0) is 22.7 Å². The molecule has 1 aromatic rings. The molecule has 0 amide bonds. The third kappa shape index (κ3) is 4.92. The largest absolute Gasteiger partial charge is 2.00 e. The first-order valence-corrected chi connectivity index (χ1v) is 6.75. The second-order valence-electron chi connectivity index (χ2n) is 4.86. The van der Waals surface area contributed by atoms with E-state index in [1.807, 2.05) is 32.1 Å². The SMILES string of the molecule is OC(c1cn([C]2[CH][CH][CH][CH]2)nn1)(C(F)(F)F)C(F)(F)F.[CH]1[CH][CH][CH][CH]1.[Fe+2]. The molecule has 140 valence electrons. The Bertz CT molecular complexity index is 529. The zero-order chi connectivity index (χ0) is 18.7. The van der Waals surface area contributed by atoms with Gasteiger partial charge in [-0.25, -0.2) is 4.68 Å². The van der Waals surface area contributed by atoms with Crippen LogP contribution in [0.3, 0.4) is 0 Å². The molecule has 1 heterocycles. The number of nitrogens with zero attached hydrogens (tertiary/aromatic N) is 3. The molecule has 2 aliphatic rings. The number of hydrogen-bond acceptors (Lipinski definition) is 3. The minimum atomic E-state index is -5.97. The number of halogens is 6. The molecule has 10 radical (unpaired) electrons. The van der Waals surface area contributed by atoms with Gasteiger partial charge in [-0.05, 0) is 57.8 Å². The molecule has 0 bridgehead atoms. The fourth-order valence-corrected chi connectivity index (χ4v) is 1.84. The second kappa shape index (κ2) is 8.93. The van der Waals surface area contributed by atoms with Crippen molar-refractivity contribution in [2.75, 3.05) is 0 Å². The molecule has 0 aliphatic heterocycles. The molecule has 0 aromatic carbocycles. The molecule has 11 heteroatoms. The molecule has 1 N–H and O–H groups in total. The van der Waals surface area contributed by atoms with Gasteiger partial charge in [-0.15, -0.1) is 5.10 Å². The van der Waals surface area contributed by atoms with E-state index in [1.165, 1.54) is 25.7 Å². The minimum Gasteiger partial charge on any atom is -0.368 e. The zero-order valence-corrected chi connectivity index (χ0v) is 13.8. The minimum absolute atomic E-state index is 0. The van der Waals surface area contributed by atoms with Gasteiger partial charge in [0.05, 0.1) is 12.2 Å². The summed E-state index contributed by atoms with van der Waals surface area (Å²) in [6.07, 6.45) is 4.26. The average Bonchev–Trinajstić information content (AvgIpc) is 3.25. The average molecular weight is 419 g/mol. The quantitative estimate of drug-likeness (QED) is 0.593. The van der Waals surface area contributed by atoms with Crippen molar-refractivity contribution in [2.24, 2.45) is 0 Å². The summed E-state index contributed by atoms with van der Waals surface area (Å²) >= 11 is 0. The van der Waals surface area contributed by atoms with Crippen LogP contribution in [-0.4, -0.2) is 32.5 Å². The van der Waals surface area contributed by atoms with Gasteiger partial charge in [0, 0.05) is 0 Å². The summed E-state index contributed by atoms with van der Waals surface area (Å²) in [6, 6.07) is 0.218. The molecule has 2 aliphatic carbocycles. The smallest absolute Gasteiger partial charge is 0.368 e. The maximum absolute atomic E-state index is 12.6. The number of aromatic nitrogens is 3.